The first kappa shape index (κ1) is 15.0. The first-order chi connectivity index (χ1) is 8.69. The van der Waals surface area contributed by atoms with Crippen LogP contribution in [0.25, 0.3) is 0 Å². The molecule has 18 heavy (non-hydrogen) atoms. The van der Waals surface area contributed by atoms with E-state index in [0.717, 1.165) is 26.2 Å². The molecule has 1 atom stereocenters. The maximum atomic E-state index is 5.68. The highest BCUT2D eigenvalue weighted by Gasteiger charge is 2.11. The van der Waals surface area contributed by atoms with Crippen LogP contribution >= 0.6 is 0 Å². The van der Waals surface area contributed by atoms with Crippen LogP contribution in [-0.4, -0.2) is 33.9 Å². The Balaban J connectivity index is 2.74. The fraction of sp³-hybridized carbons (Fsp3) is 0.600. The summed E-state index contributed by atoms with van der Waals surface area (Å²) in [7, 11) is 4.13. The van der Waals surface area contributed by atoms with Gasteiger partial charge in [-0.25, -0.2) is 0 Å². The molecule has 0 amide bonds. The number of nitrogens with one attached hydrogen (secondary N) is 1. The highest BCUT2D eigenvalue weighted by atomic mass is 16.5. The van der Waals surface area contributed by atoms with Crippen molar-refractivity contribution in [2.24, 2.45) is 0 Å². The number of benzene rings is 1. The first-order valence-electron chi connectivity index (χ1n) is 6.77. The molecule has 0 spiro atoms. The highest BCUT2D eigenvalue weighted by molar-refractivity contribution is 5.47. The largest absolute Gasteiger partial charge is 0.379 e. The van der Waals surface area contributed by atoms with Crippen LogP contribution in [0.4, 0.5) is 5.69 Å². The zero-order chi connectivity index (χ0) is 13.4. The maximum absolute atomic E-state index is 5.68. The second-order valence-corrected chi connectivity index (χ2v) is 4.67. The van der Waals surface area contributed by atoms with E-state index in [-0.39, 0.29) is 6.04 Å². The Morgan fingerprint density at radius 1 is 1.28 bits per heavy atom. The molecule has 0 heterocycles. The van der Waals surface area contributed by atoms with Crippen molar-refractivity contribution >= 4 is 5.69 Å². The van der Waals surface area contributed by atoms with Gasteiger partial charge in [0.05, 0.1) is 12.6 Å². The fourth-order valence-electron chi connectivity index (χ4n) is 1.88. The van der Waals surface area contributed by atoms with Gasteiger partial charge in [0, 0.05) is 26.4 Å². The van der Waals surface area contributed by atoms with Crippen molar-refractivity contribution in [3.63, 3.8) is 0 Å². The predicted molar refractivity (Wildman–Crippen MR) is 78.3 cm³/mol. The van der Waals surface area contributed by atoms with E-state index in [4.69, 9.17) is 4.74 Å². The molecule has 0 bridgehead atoms. The van der Waals surface area contributed by atoms with Gasteiger partial charge in [0.2, 0.25) is 0 Å². The summed E-state index contributed by atoms with van der Waals surface area (Å²) in [5.74, 6) is 0. The van der Waals surface area contributed by atoms with Crippen LogP contribution in [0.2, 0.25) is 0 Å². The molecule has 1 aromatic rings. The summed E-state index contributed by atoms with van der Waals surface area (Å²) < 4.78 is 5.68. The zero-order valence-corrected chi connectivity index (χ0v) is 12.1. The van der Waals surface area contributed by atoms with Crippen LogP contribution < -0.4 is 10.2 Å². The van der Waals surface area contributed by atoms with Gasteiger partial charge in [-0.2, -0.15) is 0 Å². The standard InChI is InChI=1S/C15H26N2O/c1-5-10-18-12-15(16-6-2)13-8-7-9-14(11-13)17(3)4/h7-9,11,15-16H,5-6,10,12H2,1-4H3. The molecule has 1 unspecified atom stereocenters. The average molecular weight is 250 g/mol. The molecule has 0 saturated carbocycles. The lowest BCUT2D eigenvalue weighted by molar-refractivity contribution is 0.112. The molecule has 1 rings (SSSR count). The van der Waals surface area contributed by atoms with Crippen molar-refractivity contribution in [1.82, 2.24) is 5.32 Å². The van der Waals surface area contributed by atoms with E-state index in [1.807, 2.05) is 0 Å². The van der Waals surface area contributed by atoms with E-state index >= 15 is 0 Å². The molecule has 0 saturated heterocycles. The van der Waals surface area contributed by atoms with E-state index in [0.29, 0.717) is 0 Å². The van der Waals surface area contributed by atoms with E-state index in [1.54, 1.807) is 0 Å². The number of nitrogens with zero attached hydrogens (tertiary/aromatic N) is 1. The Bertz CT molecular complexity index is 339. The van der Waals surface area contributed by atoms with Crippen molar-refractivity contribution in [3.05, 3.63) is 29.8 Å². The minimum Gasteiger partial charge on any atom is -0.379 e. The maximum Gasteiger partial charge on any atom is 0.0661 e. The second kappa shape index (κ2) is 8.11. The molecule has 0 aliphatic rings. The number of hydrogen-bond donors (Lipinski definition) is 1. The highest BCUT2D eigenvalue weighted by Crippen LogP contribution is 2.19. The summed E-state index contributed by atoms with van der Waals surface area (Å²) in [6.45, 7) is 6.78. The average Bonchev–Trinajstić information content (AvgIpc) is 2.38. The molecule has 1 N–H and O–H groups in total. The molecule has 0 fully saturated rings. The smallest absolute Gasteiger partial charge is 0.0661 e. The fourth-order valence-corrected chi connectivity index (χ4v) is 1.88. The van der Waals surface area contributed by atoms with Gasteiger partial charge in [0.1, 0.15) is 0 Å². The summed E-state index contributed by atoms with van der Waals surface area (Å²) in [6, 6.07) is 8.90. The van der Waals surface area contributed by atoms with E-state index in [2.05, 4.69) is 62.4 Å². The Labute approximate surface area is 111 Å². The van der Waals surface area contributed by atoms with Gasteiger partial charge in [-0.05, 0) is 30.7 Å². The monoisotopic (exact) mass is 250 g/mol. The number of ether oxygens (including phenoxy) is 1. The van der Waals surface area contributed by atoms with Crippen LogP contribution in [0, 0.1) is 0 Å². The minimum absolute atomic E-state index is 0.279. The molecule has 0 aliphatic heterocycles. The molecule has 0 aromatic heterocycles. The summed E-state index contributed by atoms with van der Waals surface area (Å²) in [5, 5.41) is 3.48. The molecule has 102 valence electrons. The molecule has 0 aliphatic carbocycles. The minimum atomic E-state index is 0.279. The molecule has 3 heteroatoms. The van der Waals surface area contributed by atoms with Crippen molar-refractivity contribution in [3.8, 4) is 0 Å². The van der Waals surface area contributed by atoms with Crippen LogP contribution in [-0.2, 0) is 4.74 Å². The second-order valence-electron chi connectivity index (χ2n) is 4.67. The lowest BCUT2D eigenvalue weighted by Crippen LogP contribution is -2.25. The summed E-state index contributed by atoms with van der Waals surface area (Å²) in [4.78, 5) is 2.12. The quantitative estimate of drug-likeness (QED) is 0.718. The molecule has 3 nitrogen and oxygen atoms in total. The Hall–Kier alpha value is -1.06. The van der Waals surface area contributed by atoms with Crippen molar-refractivity contribution in [2.75, 3.05) is 38.8 Å². The van der Waals surface area contributed by atoms with Crippen LogP contribution in [0.3, 0.4) is 0 Å². The van der Waals surface area contributed by atoms with Crippen molar-refractivity contribution in [1.29, 1.82) is 0 Å². The van der Waals surface area contributed by atoms with Crippen LogP contribution in [0.1, 0.15) is 31.9 Å². The third-order valence-electron chi connectivity index (χ3n) is 2.87. The Morgan fingerprint density at radius 3 is 2.67 bits per heavy atom. The predicted octanol–water partition coefficient (Wildman–Crippen LogP) is 2.83. The van der Waals surface area contributed by atoms with Gasteiger partial charge in [0.15, 0.2) is 0 Å². The number of hydrogen-bond acceptors (Lipinski definition) is 3. The van der Waals surface area contributed by atoms with Gasteiger partial charge >= 0.3 is 0 Å². The summed E-state index contributed by atoms with van der Waals surface area (Å²) in [5.41, 5.74) is 2.52. The molecular formula is C15H26N2O. The van der Waals surface area contributed by atoms with Gasteiger partial charge in [-0.1, -0.05) is 26.0 Å². The van der Waals surface area contributed by atoms with E-state index in [9.17, 15) is 0 Å². The van der Waals surface area contributed by atoms with Gasteiger partial charge in [-0.15, -0.1) is 0 Å². The van der Waals surface area contributed by atoms with Crippen molar-refractivity contribution < 1.29 is 4.74 Å². The Kier molecular flexibility index (Phi) is 6.76. The van der Waals surface area contributed by atoms with Crippen LogP contribution in [0.5, 0.6) is 0 Å². The van der Waals surface area contributed by atoms with Gasteiger partial charge in [-0.3, -0.25) is 0 Å². The van der Waals surface area contributed by atoms with Crippen molar-refractivity contribution in [2.45, 2.75) is 26.3 Å². The Morgan fingerprint density at radius 2 is 2.06 bits per heavy atom. The zero-order valence-electron chi connectivity index (χ0n) is 12.1. The lowest BCUT2D eigenvalue weighted by atomic mass is 10.1. The lowest BCUT2D eigenvalue weighted by Gasteiger charge is -2.21. The third-order valence-corrected chi connectivity index (χ3v) is 2.87. The molecular weight excluding hydrogens is 224 g/mol. The topological polar surface area (TPSA) is 24.5 Å². The summed E-state index contributed by atoms with van der Waals surface area (Å²) in [6.07, 6.45) is 1.07. The van der Waals surface area contributed by atoms with E-state index < -0.39 is 0 Å². The van der Waals surface area contributed by atoms with Gasteiger partial charge < -0.3 is 15.0 Å². The number of rotatable bonds is 8. The van der Waals surface area contributed by atoms with Crippen LogP contribution in [0.15, 0.2) is 24.3 Å². The van der Waals surface area contributed by atoms with Gasteiger partial charge in [0.25, 0.3) is 0 Å². The molecule has 0 radical (unpaired) electrons. The third kappa shape index (κ3) is 4.67. The molecule has 1 aromatic carbocycles. The normalized spacial score (nSPS) is 12.4. The number of likely N-dealkylation sites (N-methyl/N-ethyl adjacent to an activating group) is 1. The van der Waals surface area contributed by atoms with E-state index in [1.165, 1.54) is 11.3 Å². The number of anilines is 1. The first-order valence-corrected chi connectivity index (χ1v) is 6.77. The summed E-state index contributed by atoms with van der Waals surface area (Å²) >= 11 is 0. The SMILES string of the molecule is CCCOCC(NCC)c1cccc(N(C)C)c1.